The minimum atomic E-state index is -0.237. The third-order valence-electron chi connectivity index (χ3n) is 2.57. The van der Waals surface area contributed by atoms with Crippen molar-refractivity contribution in [3.05, 3.63) is 54.4 Å². The molecule has 1 aromatic heterocycles. The molecule has 0 amide bonds. The van der Waals surface area contributed by atoms with E-state index in [0.29, 0.717) is 5.56 Å². The summed E-state index contributed by atoms with van der Waals surface area (Å²) in [6.07, 6.45) is 5.11. The molecule has 3 nitrogen and oxygen atoms in total. The monoisotopic (exact) mass is 219 g/mol. The molecular weight excluding hydrogens is 205 g/mol. The van der Waals surface area contributed by atoms with Crippen molar-refractivity contribution < 1.29 is 4.39 Å². The average molecular weight is 219 g/mol. The smallest absolute Gasteiger partial charge is 0.128 e. The van der Waals surface area contributed by atoms with Gasteiger partial charge < -0.3 is 10.3 Å². The number of benzene rings is 1. The third kappa shape index (κ3) is 1.97. The Morgan fingerprint density at radius 2 is 2.12 bits per heavy atom. The maximum atomic E-state index is 13.7. The second-order valence-corrected chi connectivity index (χ2v) is 3.84. The van der Waals surface area contributed by atoms with E-state index in [1.807, 2.05) is 17.6 Å². The number of imidazole rings is 1. The van der Waals surface area contributed by atoms with Crippen molar-refractivity contribution in [2.45, 2.75) is 19.0 Å². The van der Waals surface area contributed by atoms with Crippen LogP contribution in [0.5, 0.6) is 0 Å². The Morgan fingerprint density at radius 1 is 1.38 bits per heavy atom. The third-order valence-corrected chi connectivity index (χ3v) is 2.57. The second-order valence-electron chi connectivity index (χ2n) is 3.84. The van der Waals surface area contributed by atoms with Crippen LogP contribution < -0.4 is 5.73 Å². The summed E-state index contributed by atoms with van der Waals surface area (Å²) in [7, 11) is 0. The molecule has 1 heterocycles. The fraction of sp³-hybridized carbons (Fsp3) is 0.250. The van der Waals surface area contributed by atoms with Crippen LogP contribution in [0.1, 0.15) is 18.5 Å². The Morgan fingerprint density at radius 3 is 2.69 bits per heavy atom. The molecule has 0 radical (unpaired) electrons. The van der Waals surface area contributed by atoms with Gasteiger partial charge in [-0.1, -0.05) is 18.2 Å². The zero-order valence-electron chi connectivity index (χ0n) is 9.05. The molecule has 2 rings (SSSR count). The largest absolute Gasteiger partial charge is 0.328 e. The standard InChI is InChI=1S/C12H14FN3/c1-9(14)12(16-7-6-15-8-16)10-4-2-3-5-11(10)13/h2-9,12H,14H2,1H3. The number of hydrogen-bond acceptors (Lipinski definition) is 2. The van der Waals surface area contributed by atoms with Crippen LogP contribution in [-0.2, 0) is 0 Å². The SMILES string of the molecule is CC(N)C(c1ccccc1F)n1ccnc1. The molecule has 16 heavy (non-hydrogen) atoms. The van der Waals surface area contributed by atoms with Gasteiger partial charge in [-0.25, -0.2) is 9.37 Å². The molecule has 2 atom stereocenters. The van der Waals surface area contributed by atoms with Crippen LogP contribution in [0.4, 0.5) is 4.39 Å². The van der Waals surface area contributed by atoms with Gasteiger partial charge in [0.1, 0.15) is 5.82 Å². The van der Waals surface area contributed by atoms with Crippen LogP contribution in [0.3, 0.4) is 0 Å². The Bertz CT molecular complexity index is 451. The van der Waals surface area contributed by atoms with E-state index in [9.17, 15) is 4.39 Å². The maximum absolute atomic E-state index is 13.7. The van der Waals surface area contributed by atoms with Gasteiger partial charge in [0.05, 0.1) is 12.4 Å². The molecule has 0 spiro atoms. The van der Waals surface area contributed by atoms with Crippen LogP contribution in [-0.4, -0.2) is 15.6 Å². The predicted molar refractivity (Wildman–Crippen MR) is 60.4 cm³/mol. The second kappa shape index (κ2) is 4.45. The van der Waals surface area contributed by atoms with Crippen molar-refractivity contribution in [2.24, 2.45) is 5.73 Å². The zero-order valence-corrected chi connectivity index (χ0v) is 9.05. The number of aromatic nitrogens is 2. The summed E-state index contributed by atoms with van der Waals surface area (Å²) in [6.45, 7) is 1.86. The first-order valence-corrected chi connectivity index (χ1v) is 5.17. The summed E-state index contributed by atoms with van der Waals surface area (Å²) in [5.74, 6) is -0.237. The lowest BCUT2D eigenvalue weighted by Gasteiger charge is -2.23. The molecule has 0 saturated heterocycles. The highest BCUT2D eigenvalue weighted by molar-refractivity contribution is 5.23. The van der Waals surface area contributed by atoms with Gasteiger partial charge in [0.2, 0.25) is 0 Å². The topological polar surface area (TPSA) is 43.8 Å². The van der Waals surface area contributed by atoms with E-state index >= 15 is 0 Å². The summed E-state index contributed by atoms with van der Waals surface area (Å²) < 4.78 is 15.5. The van der Waals surface area contributed by atoms with Crippen LogP contribution in [0.15, 0.2) is 43.0 Å². The summed E-state index contributed by atoms with van der Waals surface area (Å²) in [5.41, 5.74) is 6.51. The summed E-state index contributed by atoms with van der Waals surface area (Å²) in [5, 5.41) is 0. The number of halogens is 1. The lowest BCUT2D eigenvalue weighted by Crippen LogP contribution is -2.30. The highest BCUT2D eigenvalue weighted by atomic mass is 19.1. The molecule has 0 fully saturated rings. The molecular formula is C12H14FN3. The van der Waals surface area contributed by atoms with Gasteiger partial charge in [0, 0.05) is 24.0 Å². The van der Waals surface area contributed by atoms with E-state index in [0.717, 1.165) is 0 Å². The zero-order chi connectivity index (χ0) is 11.5. The first kappa shape index (κ1) is 10.8. The highest BCUT2D eigenvalue weighted by Crippen LogP contribution is 2.23. The van der Waals surface area contributed by atoms with Crippen molar-refractivity contribution in [3.63, 3.8) is 0 Å². The van der Waals surface area contributed by atoms with Crippen LogP contribution in [0.2, 0.25) is 0 Å². The minimum absolute atomic E-state index is 0.189. The van der Waals surface area contributed by atoms with E-state index in [-0.39, 0.29) is 17.9 Å². The molecule has 0 saturated carbocycles. The van der Waals surface area contributed by atoms with Crippen LogP contribution in [0, 0.1) is 5.82 Å². The summed E-state index contributed by atoms with van der Waals surface area (Å²) >= 11 is 0. The van der Waals surface area contributed by atoms with Gasteiger partial charge >= 0.3 is 0 Å². The molecule has 84 valence electrons. The number of rotatable bonds is 3. The number of nitrogens with zero attached hydrogens (tertiary/aromatic N) is 2. The lowest BCUT2D eigenvalue weighted by atomic mass is 10.0. The van der Waals surface area contributed by atoms with E-state index in [4.69, 9.17) is 5.73 Å². The van der Waals surface area contributed by atoms with E-state index in [1.54, 1.807) is 30.9 Å². The minimum Gasteiger partial charge on any atom is -0.328 e. The van der Waals surface area contributed by atoms with Crippen molar-refractivity contribution in [2.75, 3.05) is 0 Å². The van der Waals surface area contributed by atoms with Gasteiger partial charge in [-0.3, -0.25) is 0 Å². The summed E-state index contributed by atoms with van der Waals surface area (Å²) in [6, 6.07) is 6.27. The predicted octanol–water partition coefficient (Wildman–Crippen LogP) is 1.96. The first-order valence-electron chi connectivity index (χ1n) is 5.17. The summed E-state index contributed by atoms with van der Waals surface area (Å²) in [4.78, 5) is 3.97. The average Bonchev–Trinajstić information content (AvgIpc) is 2.74. The Labute approximate surface area is 93.7 Å². The molecule has 2 aromatic rings. The quantitative estimate of drug-likeness (QED) is 0.857. The first-order chi connectivity index (χ1) is 7.70. The van der Waals surface area contributed by atoms with Gasteiger partial charge in [-0.2, -0.15) is 0 Å². The van der Waals surface area contributed by atoms with Gasteiger partial charge in [-0.05, 0) is 13.0 Å². The lowest BCUT2D eigenvalue weighted by molar-refractivity contribution is 0.469. The Hall–Kier alpha value is -1.68. The van der Waals surface area contributed by atoms with Gasteiger partial charge in [-0.15, -0.1) is 0 Å². The number of hydrogen-bond donors (Lipinski definition) is 1. The normalized spacial score (nSPS) is 14.7. The van der Waals surface area contributed by atoms with Crippen molar-refractivity contribution >= 4 is 0 Å². The van der Waals surface area contributed by atoms with Gasteiger partial charge in [0.15, 0.2) is 0 Å². The van der Waals surface area contributed by atoms with Crippen molar-refractivity contribution in [1.29, 1.82) is 0 Å². The molecule has 2 N–H and O–H groups in total. The van der Waals surface area contributed by atoms with Gasteiger partial charge in [0.25, 0.3) is 0 Å². The van der Waals surface area contributed by atoms with Crippen molar-refractivity contribution in [1.82, 2.24) is 9.55 Å². The molecule has 0 bridgehead atoms. The highest BCUT2D eigenvalue weighted by Gasteiger charge is 2.20. The number of nitrogens with two attached hydrogens (primary N) is 1. The fourth-order valence-corrected chi connectivity index (χ4v) is 1.86. The van der Waals surface area contributed by atoms with E-state index in [2.05, 4.69) is 4.98 Å². The van der Waals surface area contributed by atoms with E-state index in [1.165, 1.54) is 6.07 Å². The molecule has 0 aliphatic rings. The van der Waals surface area contributed by atoms with Crippen LogP contribution in [0.25, 0.3) is 0 Å². The maximum Gasteiger partial charge on any atom is 0.128 e. The molecule has 0 aliphatic carbocycles. The van der Waals surface area contributed by atoms with E-state index < -0.39 is 0 Å². The molecule has 4 heteroatoms. The fourth-order valence-electron chi connectivity index (χ4n) is 1.86. The Balaban J connectivity index is 2.45. The molecule has 1 aromatic carbocycles. The Kier molecular flexibility index (Phi) is 3.01. The molecule has 2 unspecified atom stereocenters. The van der Waals surface area contributed by atoms with Crippen LogP contribution >= 0.6 is 0 Å². The molecule has 0 aliphatic heterocycles. The van der Waals surface area contributed by atoms with Crippen molar-refractivity contribution in [3.8, 4) is 0 Å².